The number of ether oxygens (including phenoxy) is 1. The lowest BCUT2D eigenvalue weighted by molar-refractivity contribution is -0.124. The van der Waals surface area contributed by atoms with Crippen LogP contribution in [0.2, 0.25) is 0 Å². The molecule has 0 radical (unpaired) electrons. The topological polar surface area (TPSA) is 98.5 Å². The maximum atomic E-state index is 11.5. The second kappa shape index (κ2) is 19.4. The van der Waals surface area contributed by atoms with E-state index in [1.807, 2.05) is 30.3 Å². The highest BCUT2D eigenvalue weighted by Crippen LogP contribution is 2.46. The summed E-state index contributed by atoms with van der Waals surface area (Å²) in [5.41, 5.74) is 12.4. The van der Waals surface area contributed by atoms with Crippen LogP contribution in [-0.4, -0.2) is 19.1 Å². The lowest BCUT2D eigenvalue weighted by Crippen LogP contribution is -2.37. The Balaban J connectivity index is 0.000000156. The van der Waals surface area contributed by atoms with Gasteiger partial charge in [-0.25, -0.2) is 0 Å². The molecule has 0 aliphatic carbocycles. The summed E-state index contributed by atoms with van der Waals surface area (Å²) < 4.78 is 5.69. The van der Waals surface area contributed by atoms with Crippen LogP contribution in [0.1, 0.15) is 136 Å². The summed E-state index contributed by atoms with van der Waals surface area (Å²) in [5.74, 6) is 1.37. The van der Waals surface area contributed by atoms with Gasteiger partial charge in [-0.2, -0.15) is 0 Å². The van der Waals surface area contributed by atoms with E-state index in [2.05, 4.69) is 201 Å². The number of rotatable bonds is 0. The van der Waals surface area contributed by atoms with Gasteiger partial charge in [-0.05, 0) is 75.0 Å². The summed E-state index contributed by atoms with van der Waals surface area (Å²) in [7, 11) is 0. The number of hydrogen-bond acceptors (Lipinski definition) is 7. The predicted octanol–water partition coefficient (Wildman–Crippen LogP) is 13.5. The maximum Gasteiger partial charge on any atom is 0.250 e. The summed E-state index contributed by atoms with van der Waals surface area (Å²) in [6.07, 6.45) is 0.989. The fourth-order valence-electron chi connectivity index (χ4n) is 8.48. The Morgan fingerprint density at radius 2 is 0.935 bits per heavy atom. The molecule has 1 amide bonds. The lowest BCUT2D eigenvalue weighted by Gasteiger charge is -2.38. The molecule has 8 heteroatoms. The molecule has 4 atom stereocenters. The Hall–Kier alpha value is -5.31. The van der Waals surface area contributed by atoms with Gasteiger partial charge in [0, 0.05) is 52.3 Å². The molecule has 62 heavy (non-hydrogen) atoms. The Labute approximate surface area is 373 Å². The number of amides is 1. The van der Waals surface area contributed by atoms with Gasteiger partial charge in [0.05, 0.1) is 18.0 Å². The van der Waals surface area contributed by atoms with Crippen LogP contribution in [-0.2, 0) is 9.53 Å². The number of anilines is 4. The molecule has 332 valence electrons. The third-order valence-corrected chi connectivity index (χ3v) is 11.5. The molecule has 6 N–H and O–H groups in total. The number of allylic oxidation sites excluding steroid dienone is 1. The summed E-state index contributed by atoms with van der Waals surface area (Å²) in [6, 6.07) is 33.9. The number of fused-ring (bicyclic) bond motifs is 4. The van der Waals surface area contributed by atoms with Crippen molar-refractivity contribution in [3.63, 3.8) is 0 Å². The van der Waals surface area contributed by atoms with Crippen LogP contribution in [0.15, 0.2) is 134 Å². The van der Waals surface area contributed by atoms with Gasteiger partial charge in [0.2, 0.25) is 5.91 Å². The molecular formula is C54H74N6O2. The first-order valence-electron chi connectivity index (χ1n) is 22.1. The van der Waals surface area contributed by atoms with E-state index < -0.39 is 0 Å². The van der Waals surface area contributed by atoms with Crippen molar-refractivity contribution in [2.24, 2.45) is 21.7 Å². The second-order valence-corrected chi connectivity index (χ2v) is 21.3. The van der Waals surface area contributed by atoms with Gasteiger partial charge in [-0.15, -0.1) is 0 Å². The number of carbonyl (C=O) groups excluding carboxylic acids is 1. The molecule has 8 rings (SSSR count). The molecule has 4 aromatic carbocycles. The smallest absolute Gasteiger partial charge is 0.250 e. The van der Waals surface area contributed by atoms with E-state index in [4.69, 9.17) is 4.74 Å². The van der Waals surface area contributed by atoms with Gasteiger partial charge in [-0.3, -0.25) is 4.79 Å². The molecule has 0 saturated carbocycles. The van der Waals surface area contributed by atoms with Gasteiger partial charge >= 0.3 is 0 Å². The van der Waals surface area contributed by atoms with Crippen molar-refractivity contribution in [3.8, 4) is 0 Å². The number of nitrogens with one attached hydrogen (secondary N) is 6. The van der Waals surface area contributed by atoms with Crippen molar-refractivity contribution in [3.05, 3.63) is 156 Å². The molecule has 0 aromatic heterocycles. The van der Waals surface area contributed by atoms with Crippen LogP contribution >= 0.6 is 0 Å². The quantitative estimate of drug-likeness (QED) is 0.105. The Bertz CT molecular complexity index is 2060. The van der Waals surface area contributed by atoms with Gasteiger partial charge in [0.1, 0.15) is 6.61 Å². The van der Waals surface area contributed by atoms with Crippen LogP contribution < -0.4 is 31.9 Å². The molecule has 4 aliphatic heterocycles. The molecule has 0 spiro atoms. The van der Waals surface area contributed by atoms with E-state index in [1.54, 1.807) is 0 Å². The summed E-state index contributed by atoms with van der Waals surface area (Å²) >= 11 is 0. The van der Waals surface area contributed by atoms with E-state index >= 15 is 0 Å². The molecule has 4 aliphatic rings. The fourth-order valence-corrected chi connectivity index (χ4v) is 8.48. The van der Waals surface area contributed by atoms with Crippen molar-refractivity contribution in [1.82, 2.24) is 10.6 Å². The molecular weight excluding hydrogens is 765 g/mol. The van der Waals surface area contributed by atoms with Crippen LogP contribution in [0.4, 0.5) is 22.7 Å². The van der Waals surface area contributed by atoms with Crippen molar-refractivity contribution in [2.45, 2.75) is 114 Å². The largest absolute Gasteiger partial charge is 0.365 e. The Morgan fingerprint density at radius 3 is 1.45 bits per heavy atom. The van der Waals surface area contributed by atoms with Crippen molar-refractivity contribution >= 4 is 28.7 Å². The highest BCUT2D eigenvalue weighted by atomic mass is 16.5. The zero-order chi connectivity index (χ0) is 45.6. The summed E-state index contributed by atoms with van der Waals surface area (Å²) in [6.45, 7) is 39.7. The lowest BCUT2D eigenvalue weighted by atomic mass is 9.72. The van der Waals surface area contributed by atoms with Gasteiger partial charge in [0.25, 0.3) is 0 Å². The standard InChI is InChI=1S/C14H20N2.C14H19N.C13H18N2.C13H17NO2/c1-10-9-15-13(14(2,3)4)11-7-5-6-8-12(11)16-10;1-10-9-12(14(2,3)4)11-7-5-6-8-13(11)15-10;1-9-14-11-8-6-5-7-10(11)12(15-9)13(2,3)4;1-13(2,3)12-9-6-4-5-7-10(9)14-11(15)8-16-12/h5-8,13,15-16H,1,9H2,2-4H3;5-8,12,15H,1,9H2,2-4H3;5-8,12,14-15H,1H2,2-4H3;4-7,12H,8H2,1-3H3,(H,14,15). The van der Waals surface area contributed by atoms with Gasteiger partial charge < -0.3 is 36.6 Å². The first-order valence-corrected chi connectivity index (χ1v) is 22.1. The minimum absolute atomic E-state index is 0.0254. The number of carbonyl (C=O) groups is 1. The second-order valence-electron chi connectivity index (χ2n) is 21.3. The van der Waals surface area contributed by atoms with Crippen LogP contribution in [0, 0.1) is 21.7 Å². The number of benzene rings is 4. The SMILES string of the molecule is C=C1CC(C(C)(C)C)c2ccccc2N1.C=C1CNC(C(C)(C)C)c2ccccc2N1.C=C1Nc2ccccc2C(C(C)(C)C)N1.CC(C)(C)C1OCC(=O)Nc2ccccc21. The number of para-hydroxylation sites is 4. The van der Waals surface area contributed by atoms with E-state index in [0.717, 1.165) is 41.4 Å². The van der Waals surface area contributed by atoms with Crippen LogP contribution in [0.3, 0.4) is 0 Å². The maximum absolute atomic E-state index is 11.5. The molecule has 4 unspecified atom stereocenters. The highest BCUT2D eigenvalue weighted by molar-refractivity contribution is 5.93. The Morgan fingerprint density at radius 1 is 0.500 bits per heavy atom. The zero-order valence-electron chi connectivity index (χ0n) is 39.6. The van der Waals surface area contributed by atoms with Crippen molar-refractivity contribution < 1.29 is 9.53 Å². The van der Waals surface area contributed by atoms with Gasteiger partial charge in [0.15, 0.2) is 0 Å². The zero-order valence-corrected chi connectivity index (χ0v) is 39.6. The van der Waals surface area contributed by atoms with Crippen LogP contribution in [0.25, 0.3) is 0 Å². The third kappa shape index (κ3) is 12.4. The molecule has 0 bridgehead atoms. The first kappa shape index (κ1) is 47.7. The molecule has 4 heterocycles. The average molecular weight is 839 g/mol. The summed E-state index contributed by atoms with van der Waals surface area (Å²) in [5, 5.41) is 19.8. The van der Waals surface area contributed by atoms with E-state index in [1.165, 1.54) is 33.8 Å². The minimum atomic E-state index is -0.0841. The van der Waals surface area contributed by atoms with E-state index in [-0.39, 0.29) is 34.9 Å². The van der Waals surface area contributed by atoms with E-state index in [0.29, 0.717) is 23.4 Å². The minimum Gasteiger partial charge on any atom is -0.365 e. The fraction of sp³-hybridized carbons (Fsp3) is 0.426. The number of hydrogen-bond donors (Lipinski definition) is 6. The molecule has 8 nitrogen and oxygen atoms in total. The Kier molecular flexibility index (Phi) is 14.9. The van der Waals surface area contributed by atoms with Crippen molar-refractivity contribution in [1.29, 1.82) is 0 Å². The summed E-state index contributed by atoms with van der Waals surface area (Å²) in [4.78, 5) is 11.5. The molecule has 0 saturated heterocycles. The first-order chi connectivity index (χ1) is 28.9. The third-order valence-electron chi connectivity index (χ3n) is 11.5. The predicted molar refractivity (Wildman–Crippen MR) is 263 cm³/mol. The average Bonchev–Trinajstić information content (AvgIpc) is 3.47. The normalized spacial score (nSPS) is 20.7. The molecule has 0 fully saturated rings. The molecule has 4 aromatic rings. The van der Waals surface area contributed by atoms with Crippen LogP contribution in [0.5, 0.6) is 0 Å². The van der Waals surface area contributed by atoms with Crippen molar-refractivity contribution in [2.75, 3.05) is 34.4 Å². The highest BCUT2D eigenvalue weighted by Gasteiger charge is 2.34. The van der Waals surface area contributed by atoms with E-state index in [9.17, 15) is 4.79 Å². The monoisotopic (exact) mass is 839 g/mol. The van der Waals surface area contributed by atoms with Gasteiger partial charge in [-0.1, -0.05) is 176 Å².